The van der Waals surface area contributed by atoms with Crippen LogP contribution in [0.2, 0.25) is 0 Å². The molecule has 0 radical (unpaired) electrons. The average Bonchev–Trinajstić information content (AvgIpc) is 2.28. The Morgan fingerprint density at radius 1 is 1.24 bits per heavy atom. The molecule has 0 bridgehead atoms. The van der Waals surface area contributed by atoms with Gasteiger partial charge in [-0.2, -0.15) is 0 Å². The second-order valence-corrected chi connectivity index (χ2v) is 6.19. The number of rotatable bonds is 4. The first-order valence-electron chi connectivity index (χ1n) is 5.23. The first kappa shape index (κ1) is 13.9. The van der Waals surface area contributed by atoms with E-state index in [1.807, 2.05) is 0 Å². The highest BCUT2D eigenvalue weighted by Crippen LogP contribution is 2.26. The van der Waals surface area contributed by atoms with Crippen LogP contribution in [0.15, 0.2) is 0 Å². The van der Waals surface area contributed by atoms with Gasteiger partial charge in [-0.05, 0) is 13.3 Å². The molecule has 2 atom stereocenters. The molecule has 98 valence electrons. The van der Waals surface area contributed by atoms with Gasteiger partial charge < -0.3 is 10.2 Å². The summed E-state index contributed by atoms with van der Waals surface area (Å²) in [6.45, 7) is 1.27. The lowest BCUT2D eigenvalue weighted by Crippen LogP contribution is -2.48. The number of aliphatic carboxylic acids is 2. The third-order valence-corrected chi connectivity index (χ3v) is 4.82. The third kappa shape index (κ3) is 2.95. The van der Waals surface area contributed by atoms with Gasteiger partial charge in [0.15, 0.2) is 0 Å². The Labute approximate surface area is 99.1 Å². The highest BCUT2D eigenvalue weighted by molar-refractivity contribution is 7.89. The van der Waals surface area contributed by atoms with Crippen molar-refractivity contribution in [2.45, 2.75) is 13.3 Å². The standard InChI is InChI=1S/C9H15NO6S/c1-2-17(15,16)10-4-3-6(8(11)12)7(5-10)9(13)14/h6-7H,2-5H2,1H3,(H,11,12)(H,13,14). The molecule has 17 heavy (non-hydrogen) atoms. The summed E-state index contributed by atoms with van der Waals surface area (Å²) in [5.74, 6) is -4.77. The highest BCUT2D eigenvalue weighted by atomic mass is 32.2. The van der Waals surface area contributed by atoms with E-state index in [4.69, 9.17) is 10.2 Å². The molecule has 0 amide bonds. The molecular formula is C9H15NO6S. The SMILES string of the molecule is CCS(=O)(=O)N1CCC(C(=O)O)C(C(=O)O)C1. The maximum absolute atomic E-state index is 11.6. The molecule has 0 spiro atoms. The quantitative estimate of drug-likeness (QED) is 0.705. The van der Waals surface area contributed by atoms with Crippen LogP contribution in [0.25, 0.3) is 0 Å². The molecule has 0 saturated carbocycles. The van der Waals surface area contributed by atoms with Gasteiger partial charge in [-0.3, -0.25) is 9.59 Å². The van der Waals surface area contributed by atoms with Crippen molar-refractivity contribution in [1.82, 2.24) is 4.31 Å². The van der Waals surface area contributed by atoms with E-state index >= 15 is 0 Å². The van der Waals surface area contributed by atoms with Gasteiger partial charge in [0.2, 0.25) is 10.0 Å². The lowest BCUT2D eigenvalue weighted by Gasteiger charge is -2.33. The lowest BCUT2D eigenvalue weighted by atomic mass is 9.86. The van der Waals surface area contributed by atoms with Crippen LogP contribution in [-0.2, 0) is 19.6 Å². The minimum Gasteiger partial charge on any atom is -0.481 e. The zero-order chi connectivity index (χ0) is 13.2. The normalized spacial score (nSPS) is 26.6. The number of sulfonamides is 1. The minimum atomic E-state index is -3.46. The fourth-order valence-electron chi connectivity index (χ4n) is 1.90. The van der Waals surface area contributed by atoms with E-state index in [0.29, 0.717) is 0 Å². The van der Waals surface area contributed by atoms with Crippen molar-refractivity contribution in [3.8, 4) is 0 Å². The van der Waals surface area contributed by atoms with Gasteiger partial charge in [-0.15, -0.1) is 0 Å². The minimum absolute atomic E-state index is 0.0333. The zero-order valence-corrected chi connectivity index (χ0v) is 10.2. The lowest BCUT2D eigenvalue weighted by molar-refractivity contribution is -0.156. The molecule has 1 fully saturated rings. The van der Waals surface area contributed by atoms with Gasteiger partial charge >= 0.3 is 11.9 Å². The van der Waals surface area contributed by atoms with Gasteiger partial charge in [0.1, 0.15) is 0 Å². The molecule has 0 aromatic rings. The summed E-state index contributed by atoms with van der Waals surface area (Å²) in [6, 6.07) is 0. The number of hydrogen-bond donors (Lipinski definition) is 2. The molecule has 1 rings (SSSR count). The molecule has 0 aromatic heterocycles. The van der Waals surface area contributed by atoms with Crippen LogP contribution in [0.3, 0.4) is 0 Å². The number of carboxylic acid groups (broad SMARTS) is 2. The summed E-state index contributed by atoms with van der Waals surface area (Å²) in [5, 5.41) is 17.8. The summed E-state index contributed by atoms with van der Waals surface area (Å²) in [7, 11) is -3.46. The number of nitrogens with zero attached hydrogens (tertiary/aromatic N) is 1. The summed E-state index contributed by atoms with van der Waals surface area (Å²) < 4.78 is 24.2. The van der Waals surface area contributed by atoms with Crippen LogP contribution in [0.1, 0.15) is 13.3 Å². The monoisotopic (exact) mass is 265 g/mol. The zero-order valence-electron chi connectivity index (χ0n) is 9.37. The van der Waals surface area contributed by atoms with Crippen molar-refractivity contribution in [2.24, 2.45) is 11.8 Å². The molecule has 2 unspecified atom stereocenters. The van der Waals surface area contributed by atoms with Crippen molar-refractivity contribution >= 4 is 22.0 Å². The second-order valence-electron chi connectivity index (χ2n) is 3.94. The van der Waals surface area contributed by atoms with E-state index in [-0.39, 0.29) is 25.3 Å². The Kier molecular flexibility index (Phi) is 4.10. The van der Waals surface area contributed by atoms with Gasteiger partial charge in [-0.25, -0.2) is 12.7 Å². The Hall–Kier alpha value is -1.15. The summed E-state index contributed by atoms with van der Waals surface area (Å²) in [5.41, 5.74) is 0. The Morgan fingerprint density at radius 2 is 1.76 bits per heavy atom. The fraction of sp³-hybridized carbons (Fsp3) is 0.778. The Bertz CT molecular complexity index is 417. The molecule has 1 heterocycles. The topological polar surface area (TPSA) is 112 Å². The van der Waals surface area contributed by atoms with Crippen molar-refractivity contribution < 1.29 is 28.2 Å². The molecular weight excluding hydrogens is 250 g/mol. The van der Waals surface area contributed by atoms with E-state index in [0.717, 1.165) is 4.31 Å². The van der Waals surface area contributed by atoms with Crippen molar-refractivity contribution in [3.63, 3.8) is 0 Å². The van der Waals surface area contributed by atoms with Crippen molar-refractivity contribution in [2.75, 3.05) is 18.8 Å². The van der Waals surface area contributed by atoms with Crippen molar-refractivity contribution in [3.05, 3.63) is 0 Å². The number of piperidine rings is 1. The predicted octanol–water partition coefficient (Wildman–Crippen LogP) is -0.557. The Balaban J connectivity index is 2.90. The second kappa shape index (κ2) is 5.01. The average molecular weight is 265 g/mol. The van der Waals surface area contributed by atoms with Gasteiger partial charge in [0, 0.05) is 13.1 Å². The Morgan fingerprint density at radius 3 is 2.18 bits per heavy atom. The summed E-state index contributed by atoms with van der Waals surface area (Å²) in [6.07, 6.45) is 0.0333. The number of carboxylic acids is 2. The maximum Gasteiger partial charge on any atom is 0.308 e. The first-order valence-corrected chi connectivity index (χ1v) is 6.84. The number of hydrogen-bond acceptors (Lipinski definition) is 4. The van der Waals surface area contributed by atoms with Gasteiger partial charge in [-0.1, -0.05) is 0 Å². The summed E-state index contributed by atoms with van der Waals surface area (Å²) >= 11 is 0. The third-order valence-electron chi connectivity index (χ3n) is 2.97. The van der Waals surface area contributed by atoms with E-state index < -0.39 is 33.8 Å². The van der Waals surface area contributed by atoms with Crippen LogP contribution in [-0.4, -0.2) is 53.7 Å². The molecule has 1 aliphatic heterocycles. The first-order chi connectivity index (χ1) is 7.79. The van der Waals surface area contributed by atoms with E-state index in [1.165, 1.54) is 6.92 Å². The van der Waals surface area contributed by atoms with Crippen LogP contribution in [0.4, 0.5) is 0 Å². The number of carbonyl (C=O) groups is 2. The van der Waals surface area contributed by atoms with Crippen LogP contribution >= 0.6 is 0 Å². The molecule has 0 aromatic carbocycles. The largest absolute Gasteiger partial charge is 0.481 e. The van der Waals surface area contributed by atoms with E-state index in [9.17, 15) is 18.0 Å². The molecule has 1 aliphatic rings. The molecule has 1 saturated heterocycles. The van der Waals surface area contributed by atoms with Crippen LogP contribution < -0.4 is 0 Å². The highest BCUT2D eigenvalue weighted by Gasteiger charge is 2.41. The van der Waals surface area contributed by atoms with Gasteiger partial charge in [0.05, 0.1) is 17.6 Å². The van der Waals surface area contributed by atoms with Crippen LogP contribution in [0, 0.1) is 11.8 Å². The molecule has 0 aliphatic carbocycles. The smallest absolute Gasteiger partial charge is 0.308 e. The molecule has 7 nitrogen and oxygen atoms in total. The maximum atomic E-state index is 11.6. The van der Waals surface area contributed by atoms with Crippen molar-refractivity contribution in [1.29, 1.82) is 0 Å². The summed E-state index contributed by atoms with van der Waals surface area (Å²) in [4.78, 5) is 21.8. The van der Waals surface area contributed by atoms with E-state index in [1.54, 1.807) is 0 Å². The van der Waals surface area contributed by atoms with E-state index in [2.05, 4.69) is 0 Å². The van der Waals surface area contributed by atoms with Crippen LogP contribution in [0.5, 0.6) is 0 Å². The molecule has 8 heteroatoms. The van der Waals surface area contributed by atoms with Gasteiger partial charge in [0.25, 0.3) is 0 Å². The predicted molar refractivity (Wildman–Crippen MR) is 57.9 cm³/mol. The molecule has 2 N–H and O–H groups in total. The fourth-order valence-corrected chi connectivity index (χ4v) is 3.04.